The molecule has 1 aromatic heterocycles. The molecule has 1 heterocycles. The van der Waals surface area contributed by atoms with Gasteiger partial charge in [0.25, 0.3) is 0 Å². The average molecular weight is 280 g/mol. The first-order chi connectivity index (χ1) is 7.66. The van der Waals surface area contributed by atoms with E-state index in [2.05, 4.69) is 25.9 Å². The standard InChI is InChI=1S/C11H10BrN3O/c1-7-5-10(15-6-14-7)16-9-4-2-3-8(13)11(9)12/h2-6H,13H2,1H3. The molecule has 0 atom stereocenters. The van der Waals surface area contributed by atoms with Crippen LogP contribution >= 0.6 is 15.9 Å². The second kappa shape index (κ2) is 4.49. The van der Waals surface area contributed by atoms with E-state index in [1.807, 2.05) is 19.1 Å². The zero-order valence-electron chi connectivity index (χ0n) is 8.64. The highest BCUT2D eigenvalue weighted by Gasteiger charge is 2.06. The third kappa shape index (κ3) is 2.30. The van der Waals surface area contributed by atoms with Gasteiger partial charge < -0.3 is 10.5 Å². The molecular formula is C11H10BrN3O. The summed E-state index contributed by atoms with van der Waals surface area (Å²) in [6.45, 7) is 1.88. The number of benzene rings is 1. The van der Waals surface area contributed by atoms with Crippen molar-refractivity contribution in [1.29, 1.82) is 0 Å². The first kappa shape index (κ1) is 10.9. The van der Waals surface area contributed by atoms with Crippen molar-refractivity contribution >= 4 is 21.6 Å². The van der Waals surface area contributed by atoms with Crippen LogP contribution < -0.4 is 10.5 Å². The second-order valence-corrected chi connectivity index (χ2v) is 4.05. The highest BCUT2D eigenvalue weighted by atomic mass is 79.9. The molecule has 0 aliphatic carbocycles. The fourth-order valence-electron chi connectivity index (χ4n) is 1.21. The molecule has 0 saturated heterocycles. The van der Waals surface area contributed by atoms with Crippen LogP contribution in [0.2, 0.25) is 0 Å². The molecule has 0 spiro atoms. The van der Waals surface area contributed by atoms with Crippen molar-refractivity contribution in [3.63, 3.8) is 0 Å². The minimum Gasteiger partial charge on any atom is -0.438 e. The van der Waals surface area contributed by atoms with Gasteiger partial charge in [0.05, 0.1) is 4.47 Å². The molecule has 16 heavy (non-hydrogen) atoms. The zero-order chi connectivity index (χ0) is 11.5. The summed E-state index contributed by atoms with van der Waals surface area (Å²) in [6.07, 6.45) is 1.46. The van der Waals surface area contributed by atoms with Crippen LogP contribution in [0, 0.1) is 6.92 Å². The van der Waals surface area contributed by atoms with Crippen molar-refractivity contribution in [3.8, 4) is 11.6 Å². The molecule has 5 heteroatoms. The van der Waals surface area contributed by atoms with Crippen LogP contribution in [0.4, 0.5) is 5.69 Å². The number of ether oxygens (including phenoxy) is 1. The Hall–Kier alpha value is -1.62. The lowest BCUT2D eigenvalue weighted by Gasteiger charge is -2.08. The summed E-state index contributed by atoms with van der Waals surface area (Å²) < 4.78 is 6.32. The Morgan fingerprint density at radius 1 is 1.31 bits per heavy atom. The Morgan fingerprint density at radius 2 is 2.12 bits per heavy atom. The summed E-state index contributed by atoms with van der Waals surface area (Å²) >= 11 is 3.36. The van der Waals surface area contributed by atoms with Gasteiger partial charge in [0.2, 0.25) is 5.88 Å². The van der Waals surface area contributed by atoms with Crippen LogP contribution in [0.1, 0.15) is 5.69 Å². The Kier molecular flexibility index (Phi) is 3.05. The number of aryl methyl sites for hydroxylation is 1. The molecule has 0 radical (unpaired) electrons. The zero-order valence-corrected chi connectivity index (χ0v) is 10.2. The summed E-state index contributed by atoms with van der Waals surface area (Å²) in [5, 5.41) is 0. The summed E-state index contributed by atoms with van der Waals surface area (Å²) in [7, 11) is 0. The number of nitrogens with zero attached hydrogens (tertiary/aromatic N) is 2. The molecule has 0 fully saturated rings. The molecule has 2 N–H and O–H groups in total. The molecule has 2 rings (SSSR count). The van der Waals surface area contributed by atoms with Crippen molar-refractivity contribution in [2.45, 2.75) is 6.92 Å². The van der Waals surface area contributed by atoms with Crippen molar-refractivity contribution in [3.05, 3.63) is 40.8 Å². The quantitative estimate of drug-likeness (QED) is 0.859. The molecule has 82 valence electrons. The van der Waals surface area contributed by atoms with Gasteiger partial charge in [0.15, 0.2) is 0 Å². The van der Waals surface area contributed by atoms with Gasteiger partial charge in [0, 0.05) is 17.4 Å². The van der Waals surface area contributed by atoms with E-state index in [4.69, 9.17) is 10.5 Å². The molecule has 1 aromatic carbocycles. The minimum absolute atomic E-state index is 0.499. The van der Waals surface area contributed by atoms with E-state index in [1.54, 1.807) is 12.1 Å². The van der Waals surface area contributed by atoms with Gasteiger partial charge in [-0.25, -0.2) is 9.97 Å². The van der Waals surface area contributed by atoms with Gasteiger partial charge in [-0.2, -0.15) is 0 Å². The lowest BCUT2D eigenvalue weighted by molar-refractivity contribution is 0.458. The number of hydrogen-bond acceptors (Lipinski definition) is 4. The van der Waals surface area contributed by atoms with Crippen LogP contribution in [0.5, 0.6) is 11.6 Å². The molecule has 0 aliphatic heterocycles. The van der Waals surface area contributed by atoms with E-state index in [1.165, 1.54) is 6.33 Å². The molecule has 0 unspecified atom stereocenters. The Morgan fingerprint density at radius 3 is 2.88 bits per heavy atom. The van der Waals surface area contributed by atoms with Gasteiger partial charge >= 0.3 is 0 Å². The number of nitrogens with two attached hydrogens (primary N) is 1. The predicted octanol–water partition coefficient (Wildman–Crippen LogP) is 2.92. The van der Waals surface area contributed by atoms with Crippen LogP contribution in [0.25, 0.3) is 0 Å². The number of hydrogen-bond donors (Lipinski definition) is 1. The molecule has 0 bridgehead atoms. The van der Waals surface area contributed by atoms with Gasteiger partial charge in [0.1, 0.15) is 12.1 Å². The third-order valence-corrected chi connectivity index (χ3v) is 2.84. The van der Waals surface area contributed by atoms with E-state index < -0.39 is 0 Å². The lowest BCUT2D eigenvalue weighted by atomic mass is 10.3. The summed E-state index contributed by atoms with van der Waals surface area (Å²) in [4.78, 5) is 8.00. The third-order valence-electron chi connectivity index (χ3n) is 1.99. The van der Waals surface area contributed by atoms with Gasteiger partial charge in [-0.15, -0.1) is 0 Å². The van der Waals surface area contributed by atoms with Crippen molar-refractivity contribution in [2.24, 2.45) is 0 Å². The number of rotatable bonds is 2. The monoisotopic (exact) mass is 279 g/mol. The maximum atomic E-state index is 5.74. The van der Waals surface area contributed by atoms with E-state index >= 15 is 0 Å². The van der Waals surface area contributed by atoms with Gasteiger partial charge in [-0.1, -0.05) is 6.07 Å². The Balaban J connectivity index is 2.31. The average Bonchev–Trinajstić information content (AvgIpc) is 2.25. The van der Waals surface area contributed by atoms with Crippen molar-refractivity contribution < 1.29 is 4.74 Å². The SMILES string of the molecule is Cc1cc(Oc2cccc(N)c2Br)ncn1. The molecular weight excluding hydrogens is 270 g/mol. The van der Waals surface area contributed by atoms with Crippen LogP contribution in [0.3, 0.4) is 0 Å². The second-order valence-electron chi connectivity index (χ2n) is 3.26. The fraction of sp³-hybridized carbons (Fsp3) is 0.0909. The van der Waals surface area contributed by atoms with Crippen LogP contribution in [0.15, 0.2) is 35.1 Å². The summed E-state index contributed by atoms with van der Waals surface area (Å²) in [5.41, 5.74) is 7.22. The van der Waals surface area contributed by atoms with Gasteiger partial charge in [-0.05, 0) is 35.0 Å². The molecule has 0 aliphatic rings. The summed E-state index contributed by atoms with van der Waals surface area (Å²) in [6, 6.07) is 7.19. The topological polar surface area (TPSA) is 61.0 Å². The van der Waals surface area contributed by atoms with E-state index in [-0.39, 0.29) is 0 Å². The number of aromatic nitrogens is 2. The maximum Gasteiger partial charge on any atom is 0.222 e. The molecule has 0 saturated carbocycles. The summed E-state index contributed by atoms with van der Waals surface area (Å²) in [5.74, 6) is 1.14. The normalized spacial score (nSPS) is 10.1. The largest absolute Gasteiger partial charge is 0.438 e. The lowest BCUT2D eigenvalue weighted by Crippen LogP contribution is -1.93. The first-order valence-electron chi connectivity index (χ1n) is 4.67. The van der Waals surface area contributed by atoms with Crippen molar-refractivity contribution in [2.75, 3.05) is 5.73 Å². The Labute approximate surface area is 102 Å². The molecule has 0 amide bonds. The first-order valence-corrected chi connectivity index (χ1v) is 5.46. The fourth-order valence-corrected chi connectivity index (χ4v) is 1.55. The highest BCUT2D eigenvalue weighted by molar-refractivity contribution is 9.10. The van der Waals surface area contributed by atoms with Crippen molar-refractivity contribution in [1.82, 2.24) is 9.97 Å². The molecule has 2 aromatic rings. The van der Waals surface area contributed by atoms with Gasteiger partial charge in [-0.3, -0.25) is 0 Å². The molecule has 4 nitrogen and oxygen atoms in total. The maximum absolute atomic E-state index is 5.74. The Bertz CT molecular complexity index is 516. The number of halogens is 1. The smallest absolute Gasteiger partial charge is 0.222 e. The van der Waals surface area contributed by atoms with Crippen LogP contribution in [-0.4, -0.2) is 9.97 Å². The predicted molar refractivity (Wildman–Crippen MR) is 65.4 cm³/mol. The van der Waals surface area contributed by atoms with E-state index in [9.17, 15) is 0 Å². The van der Waals surface area contributed by atoms with E-state index in [0.29, 0.717) is 17.3 Å². The van der Waals surface area contributed by atoms with E-state index in [0.717, 1.165) is 10.2 Å². The number of anilines is 1. The van der Waals surface area contributed by atoms with Crippen LogP contribution in [-0.2, 0) is 0 Å². The minimum atomic E-state index is 0.499. The highest BCUT2D eigenvalue weighted by Crippen LogP contribution is 2.32. The number of nitrogen functional groups attached to an aromatic ring is 1.